The number of esters is 1. The number of aryl methyl sites for hydroxylation is 3. The Balaban J connectivity index is 1.42. The molecule has 11 heteroatoms. The first-order valence-electron chi connectivity index (χ1n) is 12.8. The van der Waals surface area contributed by atoms with E-state index in [-0.39, 0.29) is 23.9 Å². The fourth-order valence-corrected chi connectivity index (χ4v) is 5.07. The molecule has 2 N–H and O–H groups in total. The number of carbonyl (C=O) groups excluding carboxylic acids is 3. The predicted molar refractivity (Wildman–Crippen MR) is 160 cm³/mol. The van der Waals surface area contributed by atoms with Gasteiger partial charge in [-0.25, -0.2) is 4.21 Å². The molecule has 0 spiro atoms. The minimum atomic E-state index is -3.16. The fourth-order valence-electron chi connectivity index (χ4n) is 3.96. The highest BCUT2D eigenvalue weighted by Gasteiger charge is 2.15. The van der Waals surface area contributed by atoms with Gasteiger partial charge in [0.1, 0.15) is 5.69 Å². The van der Waals surface area contributed by atoms with Gasteiger partial charge in [-0.05, 0) is 67.2 Å². The predicted octanol–water partition coefficient (Wildman–Crippen LogP) is 3.30. The highest BCUT2D eigenvalue weighted by molar-refractivity contribution is 7.99. The second kappa shape index (κ2) is 13.0. The SMILES string of the molecule is C=S(=O)(NC(=O)c1cncc(C#Cc2cccc(NC(=O)c3cc(C)nn3C)c2)c1)c1ccc(CCC(=O)OC)cc1. The summed E-state index contributed by atoms with van der Waals surface area (Å²) >= 11 is 0. The number of hydrogen-bond donors (Lipinski definition) is 2. The lowest BCUT2D eigenvalue weighted by atomic mass is 10.1. The van der Waals surface area contributed by atoms with Gasteiger partial charge in [-0.2, -0.15) is 5.10 Å². The fraction of sp³-hybridized carbons (Fsp3) is 0.161. The Labute approximate surface area is 244 Å². The first kappa shape index (κ1) is 29.8. The lowest BCUT2D eigenvalue weighted by Gasteiger charge is -2.12. The first-order valence-corrected chi connectivity index (χ1v) is 14.5. The Kier molecular flexibility index (Phi) is 9.19. The molecule has 42 heavy (non-hydrogen) atoms. The molecule has 1 atom stereocenters. The van der Waals surface area contributed by atoms with Crippen LogP contribution in [0, 0.1) is 18.8 Å². The van der Waals surface area contributed by atoms with E-state index in [4.69, 9.17) is 0 Å². The van der Waals surface area contributed by atoms with Crippen LogP contribution in [-0.4, -0.2) is 49.7 Å². The van der Waals surface area contributed by atoms with Gasteiger partial charge in [0.05, 0.1) is 28.1 Å². The molecule has 0 bridgehead atoms. The molecule has 2 amide bonds. The van der Waals surface area contributed by atoms with E-state index < -0.39 is 15.6 Å². The summed E-state index contributed by atoms with van der Waals surface area (Å²) in [5.41, 5.74) is 3.88. The van der Waals surface area contributed by atoms with Gasteiger partial charge in [0.2, 0.25) is 0 Å². The van der Waals surface area contributed by atoms with Crippen LogP contribution in [0.25, 0.3) is 0 Å². The number of methoxy groups -OCH3 is 1. The Hall–Kier alpha value is -5.21. The standard InChI is InChI=1S/C31H29N5O5S/c1-21-16-28(36(2)34-21)31(39)33-26-7-5-6-23(18-26)8-9-24-17-25(20-32-19-24)30(38)35-42(4,40)27-13-10-22(11-14-27)12-15-29(37)41-3/h5-7,10-11,13-14,16-20H,4,12,15H2,1-3H3,(H,33,39)(H,35,38,40). The normalized spacial score (nSPS) is 11.9. The maximum absolute atomic E-state index is 13.2. The molecule has 1 unspecified atom stereocenters. The van der Waals surface area contributed by atoms with Gasteiger partial charge < -0.3 is 10.1 Å². The number of anilines is 1. The van der Waals surface area contributed by atoms with Crippen molar-refractivity contribution in [3.63, 3.8) is 0 Å². The molecule has 0 aliphatic heterocycles. The summed E-state index contributed by atoms with van der Waals surface area (Å²) in [5, 5.41) is 7.03. The third-order valence-corrected chi connectivity index (χ3v) is 7.66. The number of carbonyl (C=O) groups is 3. The second-order valence-electron chi connectivity index (χ2n) is 9.37. The second-order valence-corrected chi connectivity index (χ2v) is 11.4. The smallest absolute Gasteiger partial charge is 0.305 e. The highest BCUT2D eigenvalue weighted by Crippen LogP contribution is 2.15. The summed E-state index contributed by atoms with van der Waals surface area (Å²) in [5.74, 6) is 8.47. The Morgan fingerprint density at radius 1 is 1.00 bits per heavy atom. The van der Waals surface area contributed by atoms with Crippen LogP contribution < -0.4 is 10.0 Å². The van der Waals surface area contributed by atoms with Gasteiger partial charge in [0.15, 0.2) is 0 Å². The van der Waals surface area contributed by atoms with Crippen molar-refractivity contribution in [2.24, 2.45) is 7.05 Å². The molecule has 0 aliphatic rings. The number of nitrogens with zero attached hydrogens (tertiary/aromatic N) is 3. The number of benzene rings is 2. The van der Waals surface area contributed by atoms with Gasteiger partial charge in [-0.3, -0.25) is 28.8 Å². The summed E-state index contributed by atoms with van der Waals surface area (Å²) < 4.78 is 21.9. The van der Waals surface area contributed by atoms with Gasteiger partial charge in [0.25, 0.3) is 11.8 Å². The monoisotopic (exact) mass is 583 g/mol. The summed E-state index contributed by atoms with van der Waals surface area (Å²) in [6.07, 6.45) is 3.56. The number of amides is 2. The number of rotatable bonds is 8. The Morgan fingerprint density at radius 3 is 2.43 bits per heavy atom. The van der Waals surface area contributed by atoms with E-state index in [1.807, 2.05) is 6.92 Å². The van der Waals surface area contributed by atoms with Crippen molar-refractivity contribution in [2.75, 3.05) is 12.4 Å². The van der Waals surface area contributed by atoms with Crippen molar-refractivity contribution in [3.8, 4) is 11.8 Å². The van der Waals surface area contributed by atoms with Crippen molar-refractivity contribution in [1.82, 2.24) is 19.5 Å². The quantitative estimate of drug-likeness (QED) is 0.185. The number of hydrogen-bond acceptors (Lipinski definition) is 7. The largest absolute Gasteiger partial charge is 0.469 e. The minimum absolute atomic E-state index is 0.167. The van der Waals surface area contributed by atoms with Crippen molar-refractivity contribution in [2.45, 2.75) is 24.7 Å². The zero-order valence-electron chi connectivity index (χ0n) is 23.3. The topological polar surface area (TPSA) is 132 Å². The molecule has 0 saturated heterocycles. The molecule has 0 fully saturated rings. The zero-order chi connectivity index (χ0) is 30.3. The van der Waals surface area contributed by atoms with E-state index in [1.165, 1.54) is 30.3 Å². The number of ether oxygens (including phenoxy) is 1. The van der Waals surface area contributed by atoms with Crippen LogP contribution in [0.15, 0.2) is 78.0 Å². The molecular formula is C31H29N5O5S. The van der Waals surface area contributed by atoms with E-state index >= 15 is 0 Å². The van der Waals surface area contributed by atoms with Crippen molar-refractivity contribution in [1.29, 1.82) is 0 Å². The maximum atomic E-state index is 13.2. The molecular weight excluding hydrogens is 554 g/mol. The van der Waals surface area contributed by atoms with E-state index in [9.17, 15) is 18.6 Å². The van der Waals surface area contributed by atoms with Crippen LogP contribution in [0.3, 0.4) is 0 Å². The average Bonchev–Trinajstić information content (AvgIpc) is 3.32. The first-order chi connectivity index (χ1) is 20.0. The Bertz CT molecular complexity index is 1820. The molecule has 2 aromatic heterocycles. The molecule has 2 heterocycles. The lowest BCUT2D eigenvalue weighted by molar-refractivity contribution is -0.140. The van der Waals surface area contributed by atoms with Crippen LogP contribution >= 0.6 is 0 Å². The molecule has 214 valence electrons. The molecule has 4 aromatic rings. The van der Waals surface area contributed by atoms with E-state index in [0.717, 1.165) is 11.3 Å². The van der Waals surface area contributed by atoms with Crippen LogP contribution in [-0.2, 0) is 32.7 Å². The summed E-state index contributed by atoms with van der Waals surface area (Å²) in [7, 11) is -0.125. The van der Waals surface area contributed by atoms with Crippen LogP contribution in [0.2, 0.25) is 0 Å². The van der Waals surface area contributed by atoms with Crippen molar-refractivity contribution in [3.05, 3.63) is 107 Å². The molecule has 10 nitrogen and oxygen atoms in total. The number of nitrogens with one attached hydrogen (secondary N) is 2. The lowest BCUT2D eigenvalue weighted by Crippen LogP contribution is -2.30. The van der Waals surface area contributed by atoms with Crippen LogP contribution in [0.5, 0.6) is 0 Å². The van der Waals surface area contributed by atoms with Crippen LogP contribution in [0.1, 0.15) is 49.7 Å². The third kappa shape index (κ3) is 7.71. The van der Waals surface area contributed by atoms with Crippen molar-refractivity contribution >= 4 is 39.0 Å². The van der Waals surface area contributed by atoms with Crippen LogP contribution in [0.4, 0.5) is 5.69 Å². The maximum Gasteiger partial charge on any atom is 0.305 e. The van der Waals surface area contributed by atoms with Crippen molar-refractivity contribution < 1.29 is 23.3 Å². The van der Waals surface area contributed by atoms with Gasteiger partial charge >= 0.3 is 5.97 Å². The summed E-state index contributed by atoms with van der Waals surface area (Å²) in [4.78, 5) is 41.3. The molecule has 0 radical (unpaired) electrons. The van der Waals surface area contributed by atoms with Gasteiger partial charge in [-0.15, -0.1) is 0 Å². The molecule has 4 rings (SSSR count). The van der Waals surface area contributed by atoms with Gasteiger partial charge in [0, 0.05) is 47.6 Å². The zero-order valence-corrected chi connectivity index (χ0v) is 24.2. The highest BCUT2D eigenvalue weighted by atomic mass is 32.2. The molecule has 0 saturated carbocycles. The number of aromatic nitrogens is 3. The van der Waals surface area contributed by atoms with E-state index in [2.05, 4.69) is 42.6 Å². The molecule has 0 aliphatic carbocycles. The van der Waals surface area contributed by atoms with E-state index in [0.29, 0.717) is 33.8 Å². The van der Waals surface area contributed by atoms with Gasteiger partial charge in [-0.1, -0.05) is 30.0 Å². The molecule has 2 aromatic carbocycles. The summed E-state index contributed by atoms with van der Waals surface area (Å²) in [6, 6.07) is 17.0. The average molecular weight is 584 g/mol. The number of pyridine rings is 1. The van der Waals surface area contributed by atoms with E-state index in [1.54, 1.807) is 61.6 Å². The minimum Gasteiger partial charge on any atom is -0.469 e. The summed E-state index contributed by atoms with van der Waals surface area (Å²) in [6.45, 7) is 1.81. The third-order valence-electron chi connectivity index (χ3n) is 6.11. The Morgan fingerprint density at radius 2 is 1.74 bits per heavy atom.